The van der Waals surface area contributed by atoms with E-state index < -0.39 is 0 Å². The molecule has 0 saturated heterocycles. The molecular weight excluding hydrogens is 330 g/mol. The Labute approximate surface area is 136 Å². The number of aliphatic hydroxyl groups excluding tert-OH is 1. The highest BCUT2D eigenvalue weighted by Crippen LogP contribution is 2.13. The number of amides is 1. The summed E-state index contributed by atoms with van der Waals surface area (Å²) in [5, 5.41) is 9.00. The molecule has 1 N–H and O–H groups in total. The first-order valence-electron chi connectivity index (χ1n) is 7.84. The number of hydrogen-bond donors (Lipinski definition) is 1. The van der Waals surface area contributed by atoms with E-state index in [0.29, 0.717) is 18.5 Å². The van der Waals surface area contributed by atoms with Crippen molar-refractivity contribution in [3.05, 3.63) is 34.3 Å². The zero-order chi connectivity index (χ0) is 15.5. The van der Waals surface area contributed by atoms with Crippen molar-refractivity contribution in [1.29, 1.82) is 0 Å². The van der Waals surface area contributed by atoms with Gasteiger partial charge in [0, 0.05) is 29.7 Å². The van der Waals surface area contributed by atoms with E-state index in [2.05, 4.69) is 22.9 Å². The van der Waals surface area contributed by atoms with Gasteiger partial charge in [-0.15, -0.1) is 0 Å². The fourth-order valence-corrected chi connectivity index (χ4v) is 2.52. The lowest BCUT2D eigenvalue weighted by atomic mass is 10.1. The quantitative estimate of drug-likeness (QED) is 0.637. The van der Waals surface area contributed by atoms with Crippen LogP contribution in [0.15, 0.2) is 28.7 Å². The molecule has 1 aromatic carbocycles. The van der Waals surface area contributed by atoms with E-state index in [4.69, 9.17) is 5.11 Å². The molecule has 0 aromatic heterocycles. The van der Waals surface area contributed by atoms with Crippen LogP contribution in [-0.4, -0.2) is 35.6 Å². The summed E-state index contributed by atoms with van der Waals surface area (Å²) in [6, 6.07) is 7.46. The van der Waals surface area contributed by atoms with Gasteiger partial charge < -0.3 is 10.0 Å². The predicted molar refractivity (Wildman–Crippen MR) is 90.5 cm³/mol. The molecule has 0 unspecified atom stereocenters. The Morgan fingerprint density at radius 2 is 1.67 bits per heavy atom. The third kappa shape index (κ3) is 7.09. The Kier molecular flexibility index (Phi) is 9.35. The first-order valence-corrected chi connectivity index (χ1v) is 8.64. The summed E-state index contributed by atoms with van der Waals surface area (Å²) in [5.74, 6) is 0.0615. The van der Waals surface area contributed by atoms with E-state index in [0.717, 1.165) is 23.9 Å². The zero-order valence-corrected chi connectivity index (χ0v) is 14.4. The van der Waals surface area contributed by atoms with Crippen molar-refractivity contribution in [1.82, 2.24) is 4.90 Å². The molecule has 0 fully saturated rings. The van der Waals surface area contributed by atoms with Crippen molar-refractivity contribution < 1.29 is 9.90 Å². The monoisotopic (exact) mass is 355 g/mol. The van der Waals surface area contributed by atoms with Gasteiger partial charge in [0.2, 0.25) is 0 Å². The molecule has 0 saturated carbocycles. The molecule has 21 heavy (non-hydrogen) atoms. The molecule has 0 heterocycles. The molecule has 1 amide bonds. The Morgan fingerprint density at radius 1 is 1.05 bits per heavy atom. The fourth-order valence-electron chi connectivity index (χ4n) is 2.26. The van der Waals surface area contributed by atoms with Crippen LogP contribution in [0.2, 0.25) is 0 Å². The number of benzene rings is 1. The fraction of sp³-hybridized carbons (Fsp3) is 0.588. The maximum atomic E-state index is 12.5. The van der Waals surface area contributed by atoms with Gasteiger partial charge in [-0.2, -0.15) is 0 Å². The number of hydrogen-bond acceptors (Lipinski definition) is 2. The molecule has 1 rings (SSSR count). The van der Waals surface area contributed by atoms with Crippen LogP contribution in [0.25, 0.3) is 0 Å². The lowest BCUT2D eigenvalue weighted by Crippen LogP contribution is -2.33. The molecule has 1 aromatic rings. The Morgan fingerprint density at radius 3 is 2.29 bits per heavy atom. The van der Waals surface area contributed by atoms with Gasteiger partial charge in [-0.25, -0.2) is 0 Å². The van der Waals surface area contributed by atoms with Gasteiger partial charge in [0.1, 0.15) is 0 Å². The van der Waals surface area contributed by atoms with Crippen LogP contribution in [0.5, 0.6) is 0 Å². The SMILES string of the molecule is CCCCCCCN(CCCO)C(=O)c1ccc(Br)cc1. The number of carbonyl (C=O) groups excluding carboxylic acids is 1. The summed E-state index contributed by atoms with van der Waals surface area (Å²) in [6.07, 6.45) is 6.56. The van der Waals surface area contributed by atoms with Crippen LogP contribution in [0.4, 0.5) is 0 Å². The molecular formula is C17H26BrNO2. The van der Waals surface area contributed by atoms with Crippen molar-refractivity contribution >= 4 is 21.8 Å². The van der Waals surface area contributed by atoms with Gasteiger partial charge in [0.15, 0.2) is 0 Å². The van der Waals surface area contributed by atoms with E-state index >= 15 is 0 Å². The largest absolute Gasteiger partial charge is 0.396 e. The minimum absolute atomic E-state index is 0.0615. The highest BCUT2D eigenvalue weighted by Gasteiger charge is 2.14. The Hall–Kier alpha value is -0.870. The minimum Gasteiger partial charge on any atom is -0.396 e. The summed E-state index contributed by atoms with van der Waals surface area (Å²) in [6.45, 7) is 3.72. The summed E-state index contributed by atoms with van der Waals surface area (Å²) in [7, 11) is 0. The lowest BCUT2D eigenvalue weighted by molar-refractivity contribution is 0.0741. The van der Waals surface area contributed by atoms with Crippen LogP contribution in [-0.2, 0) is 0 Å². The molecule has 0 aliphatic carbocycles. The molecule has 3 nitrogen and oxygen atoms in total. The third-order valence-corrected chi connectivity index (χ3v) is 4.02. The second-order valence-corrected chi connectivity index (χ2v) is 6.21. The average Bonchev–Trinajstić information content (AvgIpc) is 2.50. The number of unbranched alkanes of at least 4 members (excludes halogenated alkanes) is 4. The van der Waals surface area contributed by atoms with Crippen LogP contribution in [0.1, 0.15) is 55.8 Å². The molecule has 118 valence electrons. The van der Waals surface area contributed by atoms with Crippen LogP contribution < -0.4 is 0 Å². The molecule has 0 bridgehead atoms. The first kappa shape index (κ1) is 18.2. The highest BCUT2D eigenvalue weighted by molar-refractivity contribution is 9.10. The highest BCUT2D eigenvalue weighted by atomic mass is 79.9. The van der Waals surface area contributed by atoms with Crippen LogP contribution in [0.3, 0.4) is 0 Å². The van der Waals surface area contributed by atoms with E-state index in [1.54, 1.807) is 0 Å². The van der Waals surface area contributed by atoms with Gasteiger partial charge in [-0.1, -0.05) is 48.5 Å². The van der Waals surface area contributed by atoms with E-state index in [9.17, 15) is 4.79 Å². The number of carbonyl (C=O) groups is 1. The smallest absolute Gasteiger partial charge is 0.253 e. The van der Waals surface area contributed by atoms with Crippen molar-refractivity contribution in [2.75, 3.05) is 19.7 Å². The maximum Gasteiger partial charge on any atom is 0.253 e. The second-order valence-electron chi connectivity index (χ2n) is 5.29. The Bertz CT molecular complexity index is 406. The summed E-state index contributed by atoms with van der Waals surface area (Å²) >= 11 is 3.38. The van der Waals surface area contributed by atoms with Gasteiger partial charge in [-0.3, -0.25) is 4.79 Å². The summed E-state index contributed by atoms with van der Waals surface area (Å²) < 4.78 is 0.973. The molecule has 0 aliphatic heterocycles. The topological polar surface area (TPSA) is 40.5 Å². The summed E-state index contributed by atoms with van der Waals surface area (Å²) in [5.41, 5.74) is 0.713. The van der Waals surface area contributed by atoms with Crippen molar-refractivity contribution in [2.45, 2.75) is 45.4 Å². The van der Waals surface area contributed by atoms with Gasteiger partial charge in [-0.05, 0) is 37.1 Å². The predicted octanol–water partition coefficient (Wildman–Crippen LogP) is 4.24. The first-order chi connectivity index (χ1) is 10.2. The van der Waals surface area contributed by atoms with Crippen molar-refractivity contribution in [2.24, 2.45) is 0 Å². The lowest BCUT2D eigenvalue weighted by Gasteiger charge is -2.22. The Balaban J connectivity index is 2.54. The van der Waals surface area contributed by atoms with Gasteiger partial charge in [0.25, 0.3) is 5.91 Å². The van der Waals surface area contributed by atoms with Gasteiger partial charge >= 0.3 is 0 Å². The zero-order valence-electron chi connectivity index (χ0n) is 12.9. The van der Waals surface area contributed by atoms with Crippen LogP contribution >= 0.6 is 15.9 Å². The standard InChI is InChI=1S/C17H26BrNO2/c1-2-3-4-5-6-12-19(13-7-14-20)17(21)15-8-10-16(18)11-9-15/h8-11,20H,2-7,12-14H2,1H3. The number of nitrogens with zero attached hydrogens (tertiary/aromatic N) is 1. The molecule has 4 heteroatoms. The number of halogens is 1. The number of rotatable bonds is 10. The normalized spacial score (nSPS) is 10.6. The second kappa shape index (κ2) is 10.8. The average molecular weight is 356 g/mol. The van der Waals surface area contributed by atoms with E-state index in [-0.39, 0.29) is 12.5 Å². The minimum atomic E-state index is 0.0615. The molecule has 0 aliphatic rings. The number of aliphatic hydroxyl groups is 1. The van der Waals surface area contributed by atoms with E-state index in [1.807, 2.05) is 29.2 Å². The molecule has 0 atom stereocenters. The van der Waals surface area contributed by atoms with Gasteiger partial charge in [0.05, 0.1) is 0 Å². The van der Waals surface area contributed by atoms with Crippen molar-refractivity contribution in [3.63, 3.8) is 0 Å². The van der Waals surface area contributed by atoms with E-state index in [1.165, 1.54) is 19.3 Å². The third-order valence-electron chi connectivity index (χ3n) is 3.50. The molecule has 0 spiro atoms. The van der Waals surface area contributed by atoms with Crippen molar-refractivity contribution in [3.8, 4) is 0 Å². The van der Waals surface area contributed by atoms with Crippen LogP contribution in [0, 0.1) is 0 Å². The summed E-state index contributed by atoms with van der Waals surface area (Å²) in [4.78, 5) is 14.4. The maximum absolute atomic E-state index is 12.5. The molecule has 0 radical (unpaired) electrons.